The average molecular weight is 406 g/mol. The molecule has 0 unspecified atom stereocenters. The Hall–Kier alpha value is -2.65. The van der Waals surface area contributed by atoms with E-state index >= 15 is 0 Å². The van der Waals surface area contributed by atoms with Gasteiger partial charge in [-0.1, -0.05) is 91.0 Å². The molecule has 0 N–H and O–H groups in total. The molecule has 1 aliphatic rings. The Kier molecular flexibility index (Phi) is 5.42. The maximum absolute atomic E-state index is 13.5. The summed E-state index contributed by atoms with van der Waals surface area (Å²) in [6.45, 7) is 0. The summed E-state index contributed by atoms with van der Waals surface area (Å²) in [5, 5.41) is 0.543. The molecule has 5 heteroatoms. The Bertz CT molecular complexity index is 999. The van der Waals surface area contributed by atoms with Crippen LogP contribution in [-0.2, 0) is 24.0 Å². The first-order chi connectivity index (χ1) is 14.1. The molecule has 29 heavy (non-hydrogen) atoms. The van der Waals surface area contributed by atoms with Crippen LogP contribution in [0.1, 0.15) is 23.1 Å². The monoisotopic (exact) mass is 406 g/mol. The van der Waals surface area contributed by atoms with Crippen molar-refractivity contribution in [2.75, 3.05) is 14.2 Å². The molecule has 0 bridgehead atoms. The SMILES string of the molecule is COP(=O)(OC)C1=C(c2ccccc2)OC(c2ccccc2)(c2ccccc2)C1. The summed E-state index contributed by atoms with van der Waals surface area (Å²) in [4.78, 5) is 0. The van der Waals surface area contributed by atoms with Crippen LogP contribution in [0.5, 0.6) is 0 Å². The van der Waals surface area contributed by atoms with Crippen molar-refractivity contribution < 1.29 is 18.3 Å². The van der Waals surface area contributed by atoms with Gasteiger partial charge in [0.15, 0.2) is 5.60 Å². The Morgan fingerprint density at radius 3 is 1.66 bits per heavy atom. The van der Waals surface area contributed by atoms with Crippen molar-refractivity contribution in [1.82, 2.24) is 0 Å². The highest BCUT2D eigenvalue weighted by Crippen LogP contribution is 2.65. The highest BCUT2D eigenvalue weighted by atomic mass is 31.2. The van der Waals surface area contributed by atoms with Crippen LogP contribution in [0.15, 0.2) is 96.3 Å². The van der Waals surface area contributed by atoms with Crippen molar-refractivity contribution in [2.24, 2.45) is 0 Å². The molecule has 0 spiro atoms. The summed E-state index contributed by atoms with van der Waals surface area (Å²) in [5.74, 6) is 0.547. The fourth-order valence-electron chi connectivity index (χ4n) is 3.82. The second-order valence-electron chi connectivity index (χ2n) is 6.84. The number of hydrogen-bond acceptors (Lipinski definition) is 4. The van der Waals surface area contributed by atoms with E-state index in [0.29, 0.717) is 17.5 Å². The van der Waals surface area contributed by atoms with Crippen molar-refractivity contribution in [3.8, 4) is 0 Å². The third-order valence-electron chi connectivity index (χ3n) is 5.28. The van der Waals surface area contributed by atoms with Gasteiger partial charge in [0.25, 0.3) is 0 Å². The zero-order valence-corrected chi connectivity index (χ0v) is 17.3. The smallest absolute Gasteiger partial charge is 0.360 e. The first-order valence-corrected chi connectivity index (χ1v) is 11.0. The second-order valence-corrected chi connectivity index (χ2v) is 9.11. The lowest BCUT2D eigenvalue weighted by Gasteiger charge is -2.31. The standard InChI is InChI=1S/C24H23O4P/c1-26-29(25,27-2)22-18-24(20-14-8-4-9-15-20,21-16-10-5-11-17-21)28-23(22)19-12-6-3-7-13-19/h3-17H,18H2,1-2H3. The molecule has 0 aliphatic carbocycles. The summed E-state index contributed by atoms with van der Waals surface area (Å²) in [5.41, 5.74) is 1.97. The van der Waals surface area contributed by atoms with Gasteiger partial charge in [-0.15, -0.1) is 0 Å². The molecule has 1 heterocycles. The van der Waals surface area contributed by atoms with Crippen molar-refractivity contribution in [3.05, 3.63) is 113 Å². The van der Waals surface area contributed by atoms with E-state index in [1.54, 1.807) is 0 Å². The van der Waals surface area contributed by atoms with Gasteiger partial charge in [0.1, 0.15) is 5.76 Å². The van der Waals surface area contributed by atoms with E-state index in [1.807, 2.05) is 91.0 Å². The molecule has 148 valence electrons. The minimum absolute atomic E-state index is 0.365. The third kappa shape index (κ3) is 3.44. The molecule has 0 radical (unpaired) electrons. The number of benzene rings is 3. The number of rotatable bonds is 6. The molecule has 0 saturated carbocycles. The van der Waals surface area contributed by atoms with Crippen LogP contribution in [0.4, 0.5) is 0 Å². The summed E-state index contributed by atoms with van der Waals surface area (Å²) in [6, 6.07) is 29.7. The Labute approximate surface area is 171 Å². The van der Waals surface area contributed by atoms with Crippen LogP contribution >= 0.6 is 7.60 Å². The van der Waals surface area contributed by atoms with Crippen LogP contribution < -0.4 is 0 Å². The Balaban J connectivity index is 1.94. The van der Waals surface area contributed by atoms with Gasteiger partial charge in [-0.05, 0) is 0 Å². The number of hydrogen-bond donors (Lipinski definition) is 0. The molecule has 3 aromatic carbocycles. The minimum Gasteiger partial charge on any atom is -0.476 e. The van der Waals surface area contributed by atoms with Crippen LogP contribution in [-0.4, -0.2) is 14.2 Å². The van der Waals surface area contributed by atoms with E-state index in [0.717, 1.165) is 16.7 Å². The fourth-order valence-corrected chi connectivity index (χ4v) is 5.25. The fraction of sp³-hybridized carbons (Fsp3) is 0.167. The molecule has 0 fully saturated rings. The quantitative estimate of drug-likeness (QED) is 0.457. The lowest BCUT2D eigenvalue weighted by atomic mass is 9.84. The molecule has 0 atom stereocenters. The summed E-state index contributed by atoms with van der Waals surface area (Å²) in [7, 11) is -0.701. The predicted molar refractivity (Wildman–Crippen MR) is 114 cm³/mol. The van der Waals surface area contributed by atoms with Gasteiger partial charge in [-0.25, -0.2) is 0 Å². The predicted octanol–water partition coefficient (Wildman–Crippen LogP) is 6.21. The van der Waals surface area contributed by atoms with Crippen molar-refractivity contribution >= 4 is 13.4 Å². The Morgan fingerprint density at radius 2 is 1.21 bits per heavy atom. The highest BCUT2D eigenvalue weighted by Gasteiger charge is 2.50. The first kappa shape index (κ1) is 19.7. The van der Waals surface area contributed by atoms with Crippen LogP contribution in [0.2, 0.25) is 0 Å². The summed E-state index contributed by atoms with van der Waals surface area (Å²) in [6.07, 6.45) is 0.365. The first-order valence-electron chi connectivity index (χ1n) is 9.44. The average Bonchev–Trinajstić information content (AvgIpc) is 3.23. The molecule has 0 amide bonds. The molecule has 0 saturated heterocycles. The third-order valence-corrected chi connectivity index (χ3v) is 7.27. The second kappa shape index (κ2) is 8.00. The Morgan fingerprint density at radius 1 is 0.759 bits per heavy atom. The molecule has 1 aliphatic heterocycles. The van der Waals surface area contributed by atoms with Crippen molar-refractivity contribution in [3.63, 3.8) is 0 Å². The van der Waals surface area contributed by atoms with E-state index in [4.69, 9.17) is 13.8 Å². The van der Waals surface area contributed by atoms with E-state index in [1.165, 1.54) is 14.2 Å². The molecular weight excluding hydrogens is 383 g/mol. The van der Waals surface area contributed by atoms with Crippen LogP contribution in [0.25, 0.3) is 5.76 Å². The van der Waals surface area contributed by atoms with Gasteiger partial charge in [0, 0.05) is 37.3 Å². The van der Waals surface area contributed by atoms with Crippen molar-refractivity contribution in [1.29, 1.82) is 0 Å². The normalized spacial score (nSPS) is 15.9. The maximum Gasteiger partial charge on any atom is 0.360 e. The molecule has 4 nitrogen and oxygen atoms in total. The number of ether oxygens (including phenoxy) is 1. The maximum atomic E-state index is 13.5. The highest BCUT2D eigenvalue weighted by molar-refractivity contribution is 7.58. The lowest BCUT2D eigenvalue weighted by molar-refractivity contribution is 0.100. The lowest BCUT2D eigenvalue weighted by Crippen LogP contribution is -2.27. The zero-order chi connectivity index (χ0) is 20.3. The van der Waals surface area contributed by atoms with E-state index < -0.39 is 13.2 Å². The van der Waals surface area contributed by atoms with Gasteiger partial charge in [0.05, 0.1) is 5.31 Å². The van der Waals surface area contributed by atoms with Crippen LogP contribution in [0, 0.1) is 0 Å². The molecule has 3 aromatic rings. The zero-order valence-electron chi connectivity index (χ0n) is 16.4. The topological polar surface area (TPSA) is 44.8 Å². The van der Waals surface area contributed by atoms with Crippen LogP contribution in [0.3, 0.4) is 0 Å². The van der Waals surface area contributed by atoms with E-state index in [9.17, 15) is 4.57 Å². The van der Waals surface area contributed by atoms with E-state index in [-0.39, 0.29) is 0 Å². The van der Waals surface area contributed by atoms with Gasteiger partial charge in [-0.2, -0.15) is 0 Å². The van der Waals surface area contributed by atoms with Crippen molar-refractivity contribution in [2.45, 2.75) is 12.0 Å². The largest absolute Gasteiger partial charge is 0.476 e. The van der Waals surface area contributed by atoms with Gasteiger partial charge >= 0.3 is 7.60 Å². The molecule has 0 aromatic heterocycles. The molecular formula is C24H23O4P. The van der Waals surface area contributed by atoms with Gasteiger partial charge < -0.3 is 13.8 Å². The minimum atomic E-state index is -3.52. The summed E-state index contributed by atoms with van der Waals surface area (Å²) >= 11 is 0. The van der Waals surface area contributed by atoms with Gasteiger partial charge in [-0.3, -0.25) is 4.57 Å². The summed E-state index contributed by atoms with van der Waals surface area (Å²) < 4.78 is 31.0. The van der Waals surface area contributed by atoms with Gasteiger partial charge in [0.2, 0.25) is 0 Å². The molecule has 4 rings (SSSR count). The van der Waals surface area contributed by atoms with E-state index in [2.05, 4.69) is 0 Å².